The summed E-state index contributed by atoms with van der Waals surface area (Å²) < 4.78 is 5.50. The van der Waals surface area contributed by atoms with Crippen molar-refractivity contribution in [3.63, 3.8) is 0 Å². The van der Waals surface area contributed by atoms with Crippen molar-refractivity contribution < 1.29 is 9.66 Å². The standard InChI is InChI=1S/C13H13N3O3/c1-14-8-10-2-4-11(5-3-10)19-13-6-7-15-9-12(13)16(17)18/h2-7,9,14H,8H2,1H3. The van der Waals surface area contributed by atoms with Gasteiger partial charge in [-0.25, -0.2) is 0 Å². The van der Waals surface area contributed by atoms with Crippen LogP contribution >= 0.6 is 0 Å². The molecule has 2 aromatic rings. The first-order chi connectivity index (χ1) is 9.20. The van der Waals surface area contributed by atoms with Gasteiger partial charge >= 0.3 is 5.69 Å². The Labute approximate surface area is 110 Å². The molecule has 1 N–H and O–H groups in total. The van der Waals surface area contributed by atoms with Crippen LogP contribution < -0.4 is 10.1 Å². The van der Waals surface area contributed by atoms with Crippen LogP contribution in [0.5, 0.6) is 11.5 Å². The Balaban J connectivity index is 2.19. The second-order valence-electron chi connectivity index (χ2n) is 3.88. The van der Waals surface area contributed by atoms with E-state index in [1.165, 1.54) is 18.5 Å². The maximum absolute atomic E-state index is 10.8. The van der Waals surface area contributed by atoms with Crippen molar-refractivity contribution >= 4 is 5.69 Å². The quantitative estimate of drug-likeness (QED) is 0.659. The Hall–Kier alpha value is -2.47. The largest absolute Gasteiger partial charge is 0.450 e. The highest BCUT2D eigenvalue weighted by Crippen LogP contribution is 2.29. The zero-order chi connectivity index (χ0) is 13.7. The summed E-state index contributed by atoms with van der Waals surface area (Å²) >= 11 is 0. The van der Waals surface area contributed by atoms with Crippen LogP contribution in [0.3, 0.4) is 0 Å². The molecule has 0 aliphatic heterocycles. The number of hydrogen-bond acceptors (Lipinski definition) is 5. The van der Waals surface area contributed by atoms with E-state index in [9.17, 15) is 10.1 Å². The molecule has 0 aliphatic rings. The first-order valence-corrected chi connectivity index (χ1v) is 5.70. The Morgan fingerprint density at radius 1 is 1.32 bits per heavy atom. The molecule has 0 aliphatic carbocycles. The zero-order valence-electron chi connectivity index (χ0n) is 10.4. The van der Waals surface area contributed by atoms with Crippen LogP contribution in [0.25, 0.3) is 0 Å². The summed E-state index contributed by atoms with van der Waals surface area (Å²) in [7, 11) is 1.87. The minimum absolute atomic E-state index is 0.151. The third-order valence-corrected chi connectivity index (χ3v) is 2.49. The molecule has 1 heterocycles. The molecule has 0 saturated heterocycles. The molecule has 0 unspecified atom stereocenters. The van der Waals surface area contributed by atoms with E-state index in [1.54, 1.807) is 12.1 Å². The van der Waals surface area contributed by atoms with E-state index in [1.807, 2.05) is 19.2 Å². The number of rotatable bonds is 5. The Morgan fingerprint density at radius 2 is 2.05 bits per heavy atom. The first-order valence-electron chi connectivity index (χ1n) is 5.70. The number of pyridine rings is 1. The molecule has 0 fully saturated rings. The van der Waals surface area contributed by atoms with E-state index in [4.69, 9.17) is 4.74 Å². The maximum Gasteiger partial charge on any atom is 0.329 e. The molecular formula is C13H13N3O3. The van der Waals surface area contributed by atoms with Crippen LogP contribution in [-0.2, 0) is 6.54 Å². The lowest BCUT2D eigenvalue weighted by molar-refractivity contribution is -0.386. The number of nitro groups is 1. The first kappa shape index (κ1) is 13.0. The van der Waals surface area contributed by atoms with Gasteiger partial charge in [-0.1, -0.05) is 12.1 Å². The molecule has 0 atom stereocenters. The summed E-state index contributed by atoms with van der Waals surface area (Å²) in [5.41, 5.74) is 0.959. The van der Waals surface area contributed by atoms with Crippen LogP contribution in [0.15, 0.2) is 42.7 Å². The lowest BCUT2D eigenvalue weighted by Gasteiger charge is -2.06. The minimum Gasteiger partial charge on any atom is -0.450 e. The molecule has 1 aromatic heterocycles. The third-order valence-electron chi connectivity index (χ3n) is 2.49. The van der Waals surface area contributed by atoms with Gasteiger partial charge in [0.2, 0.25) is 5.75 Å². The van der Waals surface area contributed by atoms with E-state index in [0.717, 1.165) is 12.1 Å². The SMILES string of the molecule is CNCc1ccc(Oc2ccncc2[N+](=O)[O-])cc1. The monoisotopic (exact) mass is 259 g/mol. The molecule has 98 valence electrons. The predicted molar refractivity (Wildman–Crippen MR) is 70.2 cm³/mol. The molecular weight excluding hydrogens is 246 g/mol. The fourth-order valence-corrected chi connectivity index (χ4v) is 1.60. The van der Waals surface area contributed by atoms with Crippen LogP contribution in [0.4, 0.5) is 5.69 Å². The average Bonchev–Trinajstić information content (AvgIpc) is 2.42. The molecule has 1 aromatic carbocycles. The summed E-state index contributed by atoms with van der Waals surface area (Å²) in [5, 5.41) is 13.9. The van der Waals surface area contributed by atoms with Gasteiger partial charge in [-0.3, -0.25) is 15.1 Å². The van der Waals surface area contributed by atoms with E-state index >= 15 is 0 Å². The molecule has 0 radical (unpaired) electrons. The van der Waals surface area contributed by atoms with E-state index in [0.29, 0.717) is 5.75 Å². The van der Waals surface area contributed by atoms with Gasteiger partial charge in [-0.15, -0.1) is 0 Å². The van der Waals surface area contributed by atoms with Gasteiger partial charge < -0.3 is 10.1 Å². The van der Waals surface area contributed by atoms with Crippen molar-refractivity contribution in [2.24, 2.45) is 0 Å². The van der Waals surface area contributed by atoms with Crippen molar-refractivity contribution in [3.05, 3.63) is 58.4 Å². The molecule has 0 bridgehead atoms. The van der Waals surface area contributed by atoms with Gasteiger partial charge in [0, 0.05) is 18.8 Å². The van der Waals surface area contributed by atoms with Gasteiger partial charge in [-0.2, -0.15) is 0 Å². The topological polar surface area (TPSA) is 77.3 Å². The lowest BCUT2D eigenvalue weighted by atomic mass is 10.2. The molecule has 6 nitrogen and oxygen atoms in total. The van der Waals surface area contributed by atoms with Gasteiger partial charge in [0.05, 0.1) is 4.92 Å². The average molecular weight is 259 g/mol. The van der Waals surface area contributed by atoms with Crippen molar-refractivity contribution in [3.8, 4) is 11.5 Å². The van der Waals surface area contributed by atoms with Gasteiger partial charge in [-0.05, 0) is 24.7 Å². The van der Waals surface area contributed by atoms with E-state index in [-0.39, 0.29) is 11.4 Å². The normalized spacial score (nSPS) is 10.2. The van der Waals surface area contributed by atoms with Crippen LogP contribution in [0.2, 0.25) is 0 Å². The number of ether oxygens (including phenoxy) is 1. The summed E-state index contributed by atoms with van der Waals surface area (Å²) in [6, 6.07) is 8.82. The van der Waals surface area contributed by atoms with Gasteiger partial charge in [0.25, 0.3) is 0 Å². The summed E-state index contributed by atoms with van der Waals surface area (Å²) in [5.74, 6) is 0.732. The number of nitrogens with zero attached hydrogens (tertiary/aromatic N) is 2. The van der Waals surface area contributed by atoms with Crippen molar-refractivity contribution in [2.75, 3.05) is 7.05 Å². The lowest BCUT2D eigenvalue weighted by Crippen LogP contribution is -2.04. The van der Waals surface area contributed by atoms with Crippen molar-refractivity contribution in [1.29, 1.82) is 0 Å². The molecule has 19 heavy (non-hydrogen) atoms. The van der Waals surface area contributed by atoms with E-state index in [2.05, 4.69) is 10.3 Å². The highest BCUT2D eigenvalue weighted by atomic mass is 16.6. The molecule has 0 amide bonds. The predicted octanol–water partition coefficient (Wildman–Crippen LogP) is 2.50. The van der Waals surface area contributed by atoms with E-state index < -0.39 is 4.92 Å². The number of benzene rings is 1. The highest BCUT2D eigenvalue weighted by molar-refractivity contribution is 5.46. The maximum atomic E-state index is 10.8. The van der Waals surface area contributed by atoms with Crippen LogP contribution in [0.1, 0.15) is 5.56 Å². The second-order valence-corrected chi connectivity index (χ2v) is 3.88. The number of nitrogens with one attached hydrogen (secondary N) is 1. The van der Waals surface area contributed by atoms with Gasteiger partial charge in [0.15, 0.2) is 0 Å². The van der Waals surface area contributed by atoms with Crippen molar-refractivity contribution in [2.45, 2.75) is 6.54 Å². The Morgan fingerprint density at radius 3 is 2.68 bits per heavy atom. The third kappa shape index (κ3) is 3.26. The summed E-state index contributed by atoms with van der Waals surface area (Å²) in [6.45, 7) is 0.760. The summed E-state index contributed by atoms with van der Waals surface area (Å²) in [4.78, 5) is 14.0. The minimum atomic E-state index is -0.516. The number of aromatic nitrogens is 1. The molecule has 6 heteroatoms. The second kappa shape index (κ2) is 5.92. The van der Waals surface area contributed by atoms with Gasteiger partial charge in [0.1, 0.15) is 11.9 Å². The fraction of sp³-hybridized carbons (Fsp3) is 0.154. The molecule has 2 rings (SSSR count). The molecule has 0 saturated carbocycles. The highest BCUT2D eigenvalue weighted by Gasteiger charge is 2.15. The molecule has 0 spiro atoms. The van der Waals surface area contributed by atoms with Crippen molar-refractivity contribution in [1.82, 2.24) is 10.3 Å². The summed E-state index contributed by atoms with van der Waals surface area (Å²) in [6.07, 6.45) is 2.63. The fourth-order valence-electron chi connectivity index (χ4n) is 1.60. The van der Waals surface area contributed by atoms with Crippen LogP contribution in [0, 0.1) is 10.1 Å². The Bertz CT molecular complexity index is 570. The van der Waals surface area contributed by atoms with Crippen LogP contribution in [-0.4, -0.2) is 17.0 Å². The zero-order valence-corrected chi connectivity index (χ0v) is 10.4. The Kier molecular flexibility index (Phi) is 4.04. The number of hydrogen-bond donors (Lipinski definition) is 1. The smallest absolute Gasteiger partial charge is 0.329 e.